The number of carbonyl (C=O) groups excluding carboxylic acids is 1. The molecule has 37 heavy (non-hydrogen) atoms. The smallest absolute Gasteiger partial charge is 0.335 e. The molecule has 0 aliphatic rings. The fourth-order valence-corrected chi connectivity index (χ4v) is 4.46. The van der Waals surface area contributed by atoms with Crippen LogP contribution in [-0.2, 0) is 11.2 Å². The van der Waals surface area contributed by atoms with Crippen molar-refractivity contribution in [2.24, 2.45) is 0 Å². The maximum absolute atomic E-state index is 11.7. The second-order valence-electron chi connectivity index (χ2n) is 8.52. The third-order valence-corrected chi connectivity index (χ3v) is 6.31. The molecular formula is C27H27N5O4S. The van der Waals surface area contributed by atoms with E-state index in [-0.39, 0.29) is 11.5 Å². The van der Waals surface area contributed by atoms with Crippen LogP contribution in [0.15, 0.2) is 66.6 Å². The molecule has 0 fully saturated rings. The minimum absolute atomic E-state index is 0.283. The summed E-state index contributed by atoms with van der Waals surface area (Å²) in [6, 6.07) is 14.0. The molecule has 4 aromatic rings. The predicted octanol–water partition coefficient (Wildman–Crippen LogP) is 5.54. The third-order valence-electron chi connectivity index (χ3n) is 5.42. The van der Waals surface area contributed by atoms with Crippen LogP contribution in [0, 0.1) is 0 Å². The number of hydrogen-bond donors (Lipinski definition) is 3. The van der Waals surface area contributed by atoms with Crippen molar-refractivity contribution >= 4 is 50.8 Å². The van der Waals surface area contributed by atoms with Crippen LogP contribution in [0.5, 0.6) is 11.6 Å². The molecule has 2 aromatic carbocycles. The Kier molecular flexibility index (Phi) is 8.11. The maximum atomic E-state index is 11.7. The van der Waals surface area contributed by atoms with Crippen LogP contribution in [0.4, 0.5) is 17.3 Å². The van der Waals surface area contributed by atoms with E-state index in [2.05, 4.69) is 32.1 Å². The van der Waals surface area contributed by atoms with Gasteiger partial charge in [-0.1, -0.05) is 12.6 Å². The van der Waals surface area contributed by atoms with E-state index in [0.717, 1.165) is 23.2 Å². The minimum atomic E-state index is -0.954. The molecule has 0 bridgehead atoms. The van der Waals surface area contributed by atoms with Gasteiger partial charge in [-0.3, -0.25) is 4.79 Å². The van der Waals surface area contributed by atoms with Gasteiger partial charge in [0.05, 0.1) is 11.1 Å². The number of carboxylic acids is 1. The van der Waals surface area contributed by atoms with Crippen LogP contribution in [-0.4, -0.2) is 52.5 Å². The maximum Gasteiger partial charge on any atom is 0.335 e. The van der Waals surface area contributed by atoms with Crippen molar-refractivity contribution in [2.45, 2.75) is 12.8 Å². The predicted molar refractivity (Wildman–Crippen MR) is 146 cm³/mol. The summed E-state index contributed by atoms with van der Waals surface area (Å²) in [6.07, 6.45) is 2.66. The normalized spacial score (nSPS) is 10.9. The van der Waals surface area contributed by atoms with Gasteiger partial charge in [0.1, 0.15) is 10.4 Å². The number of aryl methyl sites for hydroxylation is 1. The molecule has 0 atom stereocenters. The van der Waals surface area contributed by atoms with Crippen LogP contribution >= 0.6 is 11.3 Å². The molecular weight excluding hydrogens is 490 g/mol. The highest BCUT2D eigenvalue weighted by atomic mass is 32.1. The average molecular weight is 518 g/mol. The number of rotatable bonds is 11. The van der Waals surface area contributed by atoms with Crippen molar-refractivity contribution in [3.63, 3.8) is 0 Å². The van der Waals surface area contributed by atoms with Gasteiger partial charge in [0.25, 0.3) is 0 Å². The van der Waals surface area contributed by atoms with Crippen molar-refractivity contribution < 1.29 is 19.4 Å². The molecule has 10 heteroatoms. The molecule has 0 aliphatic carbocycles. The number of ether oxygens (including phenoxy) is 1. The first kappa shape index (κ1) is 25.8. The third kappa shape index (κ3) is 6.69. The number of thiophene rings is 1. The van der Waals surface area contributed by atoms with E-state index in [0.29, 0.717) is 40.9 Å². The molecule has 2 heterocycles. The van der Waals surface area contributed by atoms with Crippen LogP contribution in [0.2, 0.25) is 0 Å². The van der Waals surface area contributed by atoms with E-state index in [4.69, 9.17) is 4.74 Å². The van der Waals surface area contributed by atoms with Gasteiger partial charge in [0, 0.05) is 17.4 Å². The molecule has 2 aromatic heterocycles. The molecule has 0 spiro atoms. The molecule has 9 nitrogen and oxygen atoms in total. The second-order valence-corrected chi connectivity index (χ2v) is 9.44. The van der Waals surface area contributed by atoms with Crippen molar-refractivity contribution in [1.29, 1.82) is 0 Å². The zero-order valence-electron chi connectivity index (χ0n) is 20.5. The van der Waals surface area contributed by atoms with E-state index in [1.54, 1.807) is 36.4 Å². The number of nitrogens with zero attached hydrogens (tertiary/aromatic N) is 3. The first-order chi connectivity index (χ1) is 17.8. The molecule has 3 N–H and O–H groups in total. The van der Waals surface area contributed by atoms with E-state index in [9.17, 15) is 14.7 Å². The zero-order valence-corrected chi connectivity index (χ0v) is 21.3. The summed E-state index contributed by atoms with van der Waals surface area (Å²) in [4.78, 5) is 34.6. The van der Waals surface area contributed by atoms with Crippen molar-refractivity contribution in [1.82, 2.24) is 14.9 Å². The first-order valence-corrected chi connectivity index (χ1v) is 12.4. The van der Waals surface area contributed by atoms with Gasteiger partial charge >= 0.3 is 5.97 Å². The lowest BCUT2D eigenvalue weighted by Crippen LogP contribution is -2.14. The number of fused-ring (bicyclic) bond motifs is 1. The van der Waals surface area contributed by atoms with Gasteiger partial charge in [-0.05, 0) is 86.9 Å². The number of carbonyl (C=O) groups is 2. The first-order valence-electron chi connectivity index (χ1n) is 11.6. The van der Waals surface area contributed by atoms with Crippen LogP contribution < -0.4 is 15.4 Å². The van der Waals surface area contributed by atoms with Gasteiger partial charge in [0.15, 0.2) is 0 Å². The monoisotopic (exact) mass is 517 g/mol. The quantitative estimate of drug-likeness (QED) is 0.222. The average Bonchev–Trinajstić information content (AvgIpc) is 3.33. The zero-order chi connectivity index (χ0) is 26.4. The highest BCUT2D eigenvalue weighted by molar-refractivity contribution is 7.17. The lowest BCUT2D eigenvalue weighted by molar-refractivity contribution is -0.111. The highest BCUT2D eigenvalue weighted by Gasteiger charge is 2.15. The molecule has 190 valence electrons. The Hall–Kier alpha value is -4.28. The van der Waals surface area contributed by atoms with Crippen LogP contribution in [0.25, 0.3) is 10.2 Å². The van der Waals surface area contributed by atoms with Crippen LogP contribution in [0.3, 0.4) is 0 Å². The Labute approximate surface area is 218 Å². The molecule has 0 saturated carbocycles. The molecule has 0 unspecified atom stereocenters. The summed E-state index contributed by atoms with van der Waals surface area (Å²) in [5, 5.41) is 17.4. The number of benzene rings is 2. The standard InChI is InChI=1S/C27H27N5O4S/c1-4-23(33)28-18-8-5-9-20(16-18)36-25-24-22(12-14-37-24)30-27(31-25)29-19-10-11-21(26(34)35)17(15-19)7-6-13-32(2)3/h4-5,8-12,14-16H,1,6-7,13H2,2-3H3,(H,28,33)(H,34,35)(H,29,30,31). The van der Waals surface area contributed by atoms with E-state index < -0.39 is 5.97 Å². The number of hydrogen-bond acceptors (Lipinski definition) is 8. The molecule has 0 saturated heterocycles. The SMILES string of the molecule is C=CC(=O)Nc1cccc(Oc2nc(Nc3ccc(C(=O)O)c(CCCN(C)C)c3)nc3ccsc23)c1. The van der Waals surface area contributed by atoms with E-state index in [1.807, 2.05) is 31.6 Å². The lowest BCUT2D eigenvalue weighted by Gasteiger charge is -2.13. The largest absolute Gasteiger partial charge is 0.478 e. The fourth-order valence-electron chi connectivity index (χ4n) is 3.71. The number of anilines is 3. The number of amides is 1. The molecule has 0 radical (unpaired) electrons. The highest BCUT2D eigenvalue weighted by Crippen LogP contribution is 2.34. The second kappa shape index (κ2) is 11.6. The number of aromatic carboxylic acids is 1. The van der Waals surface area contributed by atoms with E-state index >= 15 is 0 Å². The van der Waals surface area contributed by atoms with E-state index in [1.165, 1.54) is 17.4 Å². The fraction of sp³-hybridized carbons (Fsp3) is 0.185. The summed E-state index contributed by atoms with van der Waals surface area (Å²) in [6.45, 7) is 4.32. The van der Waals surface area contributed by atoms with Gasteiger partial charge < -0.3 is 25.4 Å². The van der Waals surface area contributed by atoms with Crippen molar-refractivity contribution in [3.05, 3.63) is 77.7 Å². The molecule has 0 aliphatic heterocycles. The summed E-state index contributed by atoms with van der Waals surface area (Å²) in [7, 11) is 3.97. The van der Waals surface area contributed by atoms with Gasteiger partial charge in [0.2, 0.25) is 17.7 Å². The lowest BCUT2D eigenvalue weighted by atomic mass is 10.0. The summed E-state index contributed by atoms with van der Waals surface area (Å²) in [5.74, 6) is -0.0940. The summed E-state index contributed by atoms with van der Waals surface area (Å²) >= 11 is 1.46. The van der Waals surface area contributed by atoms with Crippen molar-refractivity contribution in [3.8, 4) is 11.6 Å². The van der Waals surface area contributed by atoms with Crippen LogP contribution in [0.1, 0.15) is 22.3 Å². The minimum Gasteiger partial charge on any atom is -0.478 e. The Morgan fingerprint density at radius 2 is 1.97 bits per heavy atom. The Morgan fingerprint density at radius 1 is 1.14 bits per heavy atom. The molecule has 1 amide bonds. The number of aromatic nitrogens is 2. The van der Waals surface area contributed by atoms with Crippen molar-refractivity contribution in [2.75, 3.05) is 31.3 Å². The topological polar surface area (TPSA) is 117 Å². The molecule has 4 rings (SSSR count). The van der Waals surface area contributed by atoms with Gasteiger partial charge in [-0.2, -0.15) is 4.98 Å². The summed E-state index contributed by atoms with van der Waals surface area (Å²) < 4.78 is 6.87. The summed E-state index contributed by atoms with van der Waals surface area (Å²) in [5.41, 5.74) is 2.98. The Balaban J connectivity index is 1.60. The number of carboxylic acid groups (broad SMARTS) is 1. The Bertz CT molecular complexity index is 1450. The van der Waals surface area contributed by atoms with Gasteiger partial charge in [-0.25, -0.2) is 9.78 Å². The Morgan fingerprint density at radius 3 is 2.73 bits per heavy atom. The van der Waals surface area contributed by atoms with Gasteiger partial charge in [-0.15, -0.1) is 11.3 Å². The number of nitrogens with one attached hydrogen (secondary N) is 2.